The van der Waals surface area contributed by atoms with E-state index in [4.69, 9.17) is 0 Å². The minimum atomic E-state index is -2.55. The molecule has 0 aliphatic carbocycles. The first-order valence-corrected chi connectivity index (χ1v) is 5.65. The number of halogens is 2. The van der Waals surface area contributed by atoms with Crippen molar-refractivity contribution in [2.75, 3.05) is 25.9 Å². The van der Waals surface area contributed by atoms with Gasteiger partial charge in [-0.05, 0) is 18.7 Å². The number of rotatable bonds is 3. The standard InChI is InChI=1S/C8H16F2N2S/c1-6-7(4-12-13-2)3-11-5-8(6,9)10/h6-7,11-12H,3-5H2,1-2H3. The highest BCUT2D eigenvalue weighted by Crippen LogP contribution is 2.32. The van der Waals surface area contributed by atoms with Crippen LogP contribution in [0.3, 0.4) is 0 Å². The molecule has 78 valence electrons. The summed E-state index contributed by atoms with van der Waals surface area (Å²) in [5.74, 6) is -3.06. The second-order valence-corrected chi connectivity index (χ2v) is 4.19. The summed E-state index contributed by atoms with van der Waals surface area (Å²) in [6.07, 6.45) is 1.90. The van der Waals surface area contributed by atoms with Gasteiger partial charge < -0.3 is 5.32 Å². The summed E-state index contributed by atoms with van der Waals surface area (Å²) < 4.78 is 29.4. The molecule has 1 heterocycles. The molecule has 2 atom stereocenters. The van der Waals surface area contributed by atoms with Crippen LogP contribution in [0.2, 0.25) is 0 Å². The molecule has 1 rings (SSSR count). The zero-order valence-electron chi connectivity index (χ0n) is 7.94. The molecule has 1 saturated heterocycles. The Bertz CT molecular complexity index is 166. The first kappa shape index (κ1) is 11.2. The second kappa shape index (κ2) is 4.57. The Labute approximate surface area is 82.0 Å². The Morgan fingerprint density at radius 3 is 2.92 bits per heavy atom. The van der Waals surface area contributed by atoms with E-state index in [1.807, 2.05) is 6.26 Å². The predicted molar refractivity (Wildman–Crippen MR) is 52.0 cm³/mol. The number of piperidine rings is 1. The molecule has 5 heteroatoms. The first-order chi connectivity index (χ1) is 6.08. The Morgan fingerprint density at radius 1 is 1.62 bits per heavy atom. The van der Waals surface area contributed by atoms with Crippen LogP contribution in [-0.4, -0.2) is 31.8 Å². The van der Waals surface area contributed by atoms with Crippen LogP contribution in [0.15, 0.2) is 0 Å². The number of hydrogen-bond donors (Lipinski definition) is 2. The molecule has 13 heavy (non-hydrogen) atoms. The molecular weight excluding hydrogens is 194 g/mol. The lowest BCUT2D eigenvalue weighted by Crippen LogP contribution is -2.52. The molecule has 2 unspecified atom stereocenters. The lowest BCUT2D eigenvalue weighted by Gasteiger charge is -2.36. The lowest BCUT2D eigenvalue weighted by atomic mass is 9.85. The van der Waals surface area contributed by atoms with Crippen LogP contribution in [0.5, 0.6) is 0 Å². The maximum Gasteiger partial charge on any atom is 0.263 e. The van der Waals surface area contributed by atoms with Gasteiger partial charge in [-0.1, -0.05) is 18.9 Å². The summed E-state index contributed by atoms with van der Waals surface area (Å²) in [4.78, 5) is 0. The zero-order chi connectivity index (χ0) is 9.90. The molecule has 0 bridgehead atoms. The van der Waals surface area contributed by atoms with Crippen molar-refractivity contribution in [1.82, 2.24) is 10.0 Å². The Morgan fingerprint density at radius 2 is 2.31 bits per heavy atom. The molecule has 0 spiro atoms. The van der Waals surface area contributed by atoms with Gasteiger partial charge in [0.15, 0.2) is 0 Å². The van der Waals surface area contributed by atoms with Crippen molar-refractivity contribution in [2.24, 2.45) is 11.8 Å². The van der Waals surface area contributed by atoms with Crippen LogP contribution in [0.25, 0.3) is 0 Å². The van der Waals surface area contributed by atoms with Crippen LogP contribution in [0.1, 0.15) is 6.92 Å². The molecule has 0 saturated carbocycles. The van der Waals surface area contributed by atoms with Crippen LogP contribution in [0, 0.1) is 11.8 Å². The Kier molecular flexibility index (Phi) is 3.94. The fourth-order valence-corrected chi connectivity index (χ4v) is 1.93. The van der Waals surface area contributed by atoms with Gasteiger partial charge in [0, 0.05) is 12.5 Å². The molecule has 0 aromatic heterocycles. The van der Waals surface area contributed by atoms with E-state index in [0.717, 1.165) is 0 Å². The largest absolute Gasteiger partial charge is 0.311 e. The highest BCUT2D eigenvalue weighted by atomic mass is 32.2. The highest BCUT2D eigenvalue weighted by molar-refractivity contribution is 7.96. The fraction of sp³-hybridized carbons (Fsp3) is 1.00. The van der Waals surface area contributed by atoms with E-state index in [9.17, 15) is 8.78 Å². The molecule has 0 radical (unpaired) electrons. The van der Waals surface area contributed by atoms with E-state index < -0.39 is 11.8 Å². The van der Waals surface area contributed by atoms with Gasteiger partial charge in [-0.3, -0.25) is 4.72 Å². The van der Waals surface area contributed by atoms with E-state index in [2.05, 4.69) is 10.0 Å². The zero-order valence-corrected chi connectivity index (χ0v) is 8.76. The molecule has 2 nitrogen and oxygen atoms in total. The quantitative estimate of drug-likeness (QED) is 0.687. The minimum Gasteiger partial charge on any atom is -0.311 e. The third-order valence-corrected chi connectivity index (χ3v) is 3.09. The third kappa shape index (κ3) is 2.79. The van der Waals surface area contributed by atoms with Gasteiger partial charge in [0.1, 0.15) is 0 Å². The smallest absolute Gasteiger partial charge is 0.263 e. The van der Waals surface area contributed by atoms with Crippen molar-refractivity contribution in [3.63, 3.8) is 0 Å². The van der Waals surface area contributed by atoms with Crippen molar-refractivity contribution in [2.45, 2.75) is 12.8 Å². The fourth-order valence-electron chi connectivity index (χ4n) is 1.55. The lowest BCUT2D eigenvalue weighted by molar-refractivity contribution is -0.0875. The van der Waals surface area contributed by atoms with E-state index in [1.165, 1.54) is 11.9 Å². The first-order valence-electron chi connectivity index (χ1n) is 4.42. The summed E-state index contributed by atoms with van der Waals surface area (Å²) in [6.45, 7) is 2.78. The van der Waals surface area contributed by atoms with Crippen molar-refractivity contribution in [1.29, 1.82) is 0 Å². The van der Waals surface area contributed by atoms with Gasteiger partial charge in [-0.15, -0.1) is 0 Å². The summed E-state index contributed by atoms with van der Waals surface area (Å²) in [5.41, 5.74) is 0. The molecular formula is C8H16F2N2S. The Hall–Kier alpha value is 0.130. The molecule has 1 fully saturated rings. The van der Waals surface area contributed by atoms with Crippen LogP contribution in [0.4, 0.5) is 8.78 Å². The number of alkyl halides is 2. The molecule has 2 N–H and O–H groups in total. The van der Waals surface area contributed by atoms with E-state index >= 15 is 0 Å². The average Bonchev–Trinajstić information content (AvgIpc) is 2.08. The molecule has 1 aliphatic rings. The summed E-state index contributed by atoms with van der Waals surface area (Å²) >= 11 is 1.47. The van der Waals surface area contributed by atoms with Gasteiger partial charge in [-0.25, -0.2) is 8.78 Å². The molecule has 1 aliphatic heterocycles. The summed E-state index contributed by atoms with van der Waals surface area (Å²) in [7, 11) is 0. The average molecular weight is 210 g/mol. The third-order valence-electron chi connectivity index (χ3n) is 2.63. The van der Waals surface area contributed by atoms with Crippen LogP contribution >= 0.6 is 11.9 Å². The van der Waals surface area contributed by atoms with Gasteiger partial charge in [0.2, 0.25) is 0 Å². The number of hydrogen-bond acceptors (Lipinski definition) is 3. The van der Waals surface area contributed by atoms with E-state index in [1.54, 1.807) is 6.92 Å². The van der Waals surface area contributed by atoms with Gasteiger partial charge in [0.25, 0.3) is 5.92 Å². The van der Waals surface area contributed by atoms with E-state index in [0.29, 0.717) is 13.1 Å². The van der Waals surface area contributed by atoms with Crippen LogP contribution in [-0.2, 0) is 0 Å². The summed E-state index contributed by atoms with van der Waals surface area (Å²) in [5, 5.41) is 2.77. The highest BCUT2D eigenvalue weighted by Gasteiger charge is 2.43. The van der Waals surface area contributed by atoms with Crippen molar-refractivity contribution < 1.29 is 8.78 Å². The van der Waals surface area contributed by atoms with Gasteiger partial charge in [0.05, 0.1) is 6.54 Å². The maximum absolute atomic E-state index is 13.2. The topological polar surface area (TPSA) is 24.1 Å². The molecule has 0 aromatic rings. The second-order valence-electron chi connectivity index (χ2n) is 3.49. The van der Waals surface area contributed by atoms with Crippen LogP contribution < -0.4 is 10.0 Å². The number of nitrogens with one attached hydrogen (secondary N) is 2. The normalized spacial score (nSPS) is 33.2. The van der Waals surface area contributed by atoms with Gasteiger partial charge in [-0.2, -0.15) is 0 Å². The van der Waals surface area contributed by atoms with Crippen molar-refractivity contribution in [3.05, 3.63) is 0 Å². The predicted octanol–water partition coefficient (Wildman–Crippen LogP) is 1.34. The van der Waals surface area contributed by atoms with Gasteiger partial charge >= 0.3 is 0 Å². The molecule has 0 aromatic carbocycles. The van der Waals surface area contributed by atoms with Crippen molar-refractivity contribution in [3.8, 4) is 0 Å². The van der Waals surface area contributed by atoms with Crippen molar-refractivity contribution >= 4 is 11.9 Å². The molecule has 0 amide bonds. The maximum atomic E-state index is 13.2. The monoisotopic (exact) mass is 210 g/mol. The Balaban J connectivity index is 2.45. The summed E-state index contributed by atoms with van der Waals surface area (Å²) in [6, 6.07) is 0. The minimum absolute atomic E-state index is 0.0243. The van der Waals surface area contributed by atoms with E-state index in [-0.39, 0.29) is 12.5 Å². The SMILES string of the molecule is CSNCC1CNCC(F)(F)C1C.